The Bertz CT molecular complexity index is 347. The van der Waals surface area contributed by atoms with Crippen molar-refractivity contribution in [1.82, 2.24) is 4.90 Å². The van der Waals surface area contributed by atoms with Gasteiger partial charge in [-0.1, -0.05) is 30.3 Å². The first-order valence-corrected chi connectivity index (χ1v) is 6.25. The van der Waals surface area contributed by atoms with Crippen LogP contribution in [0, 0.1) is 17.8 Å². The Morgan fingerprint density at radius 3 is 2.75 bits per heavy atom. The van der Waals surface area contributed by atoms with Gasteiger partial charge >= 0.3 is 0 Å². The molecule has 0 radical (unpaired) electrons. The van der Waals surface area contributed by atoms with Crippen molar-refractivity contribution in [3.05, 3.63) is 35.9 Å². The Balaban J connectivity index is 1.58. The van der Waals surface area contributed by atoms with Gasteiger partial charge in [0, 0.05) is 19.7 Å². The summed E-state index contributed by atoms with van der Waals surface area (Å²) in [5.74, 6) is 2.22. The Kier molecular flexibility index (Phi) is 2.70. The summed E-state index contributed by atoms with van der Waals surface area (Å²) in [4.78, 5) is 2.53. The van der Waals surface area contributed by atoms with Crippen molar-refractivity contribution in [2.75, 3.05) is 19.7 Å². The molecular formula is C14H19NO. The lowest BCUT2D eigenvalue weighted by Gasteiger charge is -2.25. The van der Waals surface area contributed by atoms with Gasteiger partial charge in [0.2, 0.25) is 0 Å². The Morgan fingerprint density at radius 1 is 1.19 bits per heavy atom. The van der Waals surface area contributed by atoms with Gasteiger partial charge in [-0.15, -0.1) is 0 Å². The molecule has 0 amide bonds. The van der Waals surface area contributed by atoms with Crippen molar-refractivity contribution < 1.29 is 5.11 Å². The van der Waals surface area contributed by atoms with Crippen molar-refractivity contribution in [2.45, 2.75) is 13.0 Å². The zero-order chi connectivity index (χ0) is 11.0. The first kappa shape index (κ1) is 10.3. The van der Waals surface area contributed by atoms with Crippen molar-refractivity contribution in [3.8, 4) is 0 Å². The van der Waals surface area contributed by atoms with Crippen LogP contribution in [0.4, 0.5) is 0 Å². The molecule has 0 bridgehead atoms. The maximum absolute atomic E-state index is 9.19. The van der Waals surface area contributed by atoms with Crippen molar-refractivity contribution >= 4 is 0 Å². The third kappa shape index (κ3) is 1.87. The van der Waals surface area contributed by atoms with E-state index in [0.29, 0.717) is 12.5 Å². The maximum Gasteiger partial charge on any atom is 0.0465 e. The Hall–Kier alpha value is -0.860. The molecule has 3 rings (SSSR count). The molecule has 1 N–H and O–H groups in total. The van der Waals surface area contributed by atoms with Gasteiger partial charge in [0.1, 0.15) is 0 Å². The number of benzene rings is 1. The van der Waals surface area contributed by atoms with Gasteiger partial charge in [-0.3, -0.25) is 4.90 Å². The molecular weight excluding hydrogens is 198 g/mol. The monoisotopic (exact) mass is 217 g/mol. The number of likely N-dealkylation sites (tertiary alicyclic amines) is 1. The molecule has 1 aromatic rings. The molecule has 0 aromatic heterocycles. The number of aliphatic hydroxyl groups is 1. The number of aliphatic hydroxyl groups excluding tert-OH is 1. The predicted octanol–water partition coefficient (Wildman–Crippen LogP) is 1.75. The summed E-state index contributed by atoms with van der Waals surface area (Å²) in [5, 5.41) is 9.19. The molecule has 16 heavy (non-hydrogen) atoms. The fourth-order valence-corrected chi connectivity index (χ4v) is 3.20. The zero-order valence-electron chi connectivity index (χ0n) is 9.55. The average molecular weight is 217 g/mol. The van der Waals surface area contributed by atoms with Crippen LogP contribution in [0.25, 0.3) is 0 Å². The SMILES string of the molecule is OCC1C2CCN(Cc3ccccc3)CC12. The lowest BCUT2D eigenvalue weighted by Crippen LogP contribution is -2.30. The molecule has 2 nitrogen and oxygen atoms in total. The summed E-state index contributed by atoms with van der Waals surface area (Å²) >= 11 is 0. The van der Waals surface area contributed by atoms with E-state index in [4.69, 9.17) is 0 Å². The van der Waals surface area contributed by atoms with E-state index in [-0.39, 0.29) is 0 Å². The minimum atomic E-state index is 0.397. The fourth-order valence-electron chi connectivity index (χ4n) is 3.20. The molecule has 86 valence electrons. The van der Waals surface area contributed by atoms with Crippen molar-refractivity contribution in [2.24, 2.45) is 17.8 Å². The van der Waals surface area contributed by atoms with Gasteiger partial charge in [-0.05, 0) is 36.3 Å². The molecule has 3 unspecified atom stereocenters. The van der Waals surface area contributed by atoms with E-state index in [2.05, 4.69) is 35.2 Å². The van der Waals surface area contributed by atoms with E-state index in [1.165, 1.54) is 25.1 Å². The normalized spacial score (nSPS) is 33.4. The predicted molar refractivity (Wildman–Crippen MR) is 63.9 cm³/mol. The third-order valence-corrected chi connectivity index (χ3v) is 4.22. The maximum atomic E-state index is 9.19. The van der Waals surface area contributed by atoms with Gasteiger partial charge in [-0.25, -0.2) is 0 Å². The molecule has 1 saturated heterocycles. The molecule has 1 saturated carbocycles. The topological polar surface area (TPSA) is 23.5 Å². The van der Waals surface area contributed by atoms with E-state index < -0.39 is 0 Å². The van der Waals surface area contributed by atoms with Crippen LogP contribution >= 0.6 is 0 Å². The van der Waals surface area contributed by atoms with Gasteiger partial charge in [-0.2, -0.15) is 0 Å². The number of fused-ring (bicyclic) bond motifs is 1. The first-order chi connectivity index (χ1) is 7.88. The van der Waals surface area contributed by atoms with Gasteiger partial charge in [0.25, 0.3) is 0 Å². The summed E-state index contributed by atoms with van der Waals surface area (Å²) in [7, 11) is 0. The number of rotatable bonds is 3. The summed E-state index contributed by atoms with van der Waals surface area (Å²) < 4.78 is 0. The molecule has 2 heteroatoms. The van der Waals surface area contributed by atoms with E-state index in [9.17, 15) is 5.11 Å². The van der Waals surface area contributed by atoms with Crippen LogP contribution in [0.3, 0.4) is 0 Å². The second-order valence-corrected chi connectivity index (χ2v) is 5.18. The Morgan fingerprint density at radius 2 is 2.00 bits per heavy atom. The Labute approximate surface area is 96.9 Å². The molecule has 1 aliphatic carbocycles. The molecule has 1 aromatic carbocycles. The van der Waals surface area contributed by atoms with Crippen molar-refractivity contribution in [3.63, 3.8) is 0 Å². The van der Waals surface area contributed by atoms with Crippen molar-refractivity contribution in [1.29, 1.82) is 0 Å². The van der Waals surface area contributed by atoms with Crippen LogP contribution in [0.15, 0.2) is 30.3 Å². The number of piperidine rings is 1. The summed E-state index contributed by atoms with van der Waals surface area (Å²) in [6.07, 6.45) is 1.28. The highest BCUT2D eigenvalue weighted by molar-refractivity contribution is 5.15. The molecule has 2 fully saturated rings. The van der Waals surface area contributed by atoms with E-state index in [0.717, 1.165) is 18.4 Å². The van der Waals surface area contributed by atoms with Crippen LogP contribution in [0.2, 0.25) is 0 Å². The zero-order valence-corrected chi connectivity index (χ0v) is 9.55. The molecule has 1 aliphatic heterocycles. The summed E-state index contributed by atoms with van der Waals surface area (Å²) in [6.45, 7) is 3.86. The van der Waals surface area contributed by atoms with Crippen LogP contribution in [-0.2, 0) is 6.54 Å². The molecule has 0 spiro atoms. The van der Waals surface area contributed by atoms with Gasteiger partial charge in [0.05, 0.1) is 0 Å². The van der Waals surface area contributed by atoms with E-state index in [1.807, 2.05) is 0 Å². The van der Waals surface area contributed by atoms with Crippen LogP contribution in [0.1, 0.15) is 12.0 Å². The lowest BCUT2D eigenvalue weighted by molar-refractivity contribution is 0.210. The average Bonchev–Trinajstić information content (AvgIpc) is 3.02. The largest absolute Gasteiger partial charge is 0.396 e. The summed E-state index contributed by atoms with van der Waals surface area (Å²) in [5.41, 5.74) is 1.40. The second-order valence-electron chi connectivity index (χ2n) is 5.18. The number of hydrogen-bond acceptors (Lipinski definition) is 2. The van der Waals surface area contributed by atoms with Crippen LogP contribution < -0.4 is 0 Å². The van der Waals surface area contributed by atoms with Gasteiger partial charge in [0.15, 0.2) is 0 Å². The second kappa shape index (κ2) is 4.19. The third-order valence-electron chi connectivity index (χ3n) is 4.22. The number of nitrogens with zero attached hydrogens (tertiary/aromatic N) is 1. The van der Waals surface area contributed by atoms with Crippen LogP contribution in [-0.4, -0.2) is 29.7 Å². The van der Waals surface area contributed by atoms with E-state index >= 15 is 0 Å². The van der Waals surface area contributed by atoms with Crippen LogP contribution in [0.5, 0.6) is 0 Å². The van der Waals surface area contributed by atoms with E-state index in [1.54, 1.807) is 0 Å². The highest BCUT2D eigenvalue weighted by atomic mass is 16.3. The number of hydrogen-bond donors (Lipinski definition) is 1. The quantitative estimate of drug-likeness (QED) is 0.833. The minimum Gasteiger partial charge on any atom is -0.396 e. The molecule has 3 atom stereocenters. The molecule has 1 heterocycles. The standard InChI is InChI=1S/C14H19NO/c16-10-14-12-6-7-15(9-13(12)14)8-11-4-2-1-3-5-11/h1-5,12-14,16H,6-10H2. The minimum absolute atomic E-state index is 0.397. The smallest absolute Gasteiger partial charge is 0.0465 e. The first-order valence-electron chi connectivity index (χ1n) is 6.25. The fraction of sp³-hybridized carbons (Fsp3) is 0.571. The van der Waals surface area contributed by atoms with Gasteiger partial charge < -0.3 is 5.11 Å². The summed E-state index contributed by atoms with van der Waals surface area (Å²) in [6, 6.07) is 10.7. The molecule has 2 aliphatic rings. The highest BCUT2D eigenvalue weighted by Gasteiger charge is 2.51. The lowest BCUT2D eigenvalue weighted by atomic mass is 10.1. The highest BCUT2D eigenvalue weighted by Crippen LogP contribution is 2.51.